The summed E-state index contributed by atoms with van der Waals surface area (Å²) in [6.07, 6.45) is -0.829. The fourth-order valence-corrected chi connectivity index (χ4v) is 2.59. The van der Waals surface area contributed by atoms with Crippen molar-refractivity contribution < 1.29 is 24.2 Å². The van der Waals surface area contributed by atoms with E-state index in [1.54, 1.807) is 52.0 Å². The molecule has 5 nitrogen and oxygen atoms in total. The third-order valence-corrected chi connectivity index (χ3v) is 4.18. The van der Waals surface area contributed by atoms with Crippen LogP contribution in [0.1, 0.15) is 39.4 Å². The van der Waals surface area contributed by atoms with Crippen LogP contribution in [0.15, 0.2) is 72.8 Å². The quantitative estimate of drug-likeness (QED) is 0.416. The summed E-state index contributed by atoms with van der Waals surface area (Å²) in [5.41, 5.74) is 1.85. The molecule has 0 amide bonds. The van der Waals surface area contributed by atoms with E-state index < -0.39 is 23.6 Å². The van der Waals surface area contributed by atoms with Crippen molar-refractivity contribution >= 4 is 11.9 Å². The lowest BCUT2D eigenvalue weighted by atomic mass is 9.93. The van der Waals surface area contributed by atoms with Crippen LogP contribution in [0.4, 0.5) is 0 Å². The monoisotopic (exact) mass is 394 g/mol. The van der Waals surface area contributed by atoms with Crippen LogP contribution < -0.4 is 4.74 Å². The molecule has 0 heterocycles. The minimum Gasteiger partial charge on any atom is -0.451 e. The normalized spacial score (nSPS) is 12.0. The molecule has 0 aliphatic rings. The molecule has 2 rings (SSSR count). The maximum absolute atomic E-state index is 11.9. The number of carbonyl (C=O) groups excluding carboxylic acids is 2. The average Bonchev–Trinajstić information content (AvgIpc) is 2.65. The highest BCUT2D eigenvalue weighted by Gasteiger charge is 2.32. The SMILES string of the molecule is C=C(C)C(=O)Oc1ccc(-c2ccc(C(OC(=O)C(=C)C)C(C)(C)O)cc2)cc1. The van der Waals surface area contributed by atoms with Gasteiger partial charge in [-0.2, -0.15) is 0 Å². The average molecular weight is 394 g/mol. The van der Waals surface area contributed by atoms with Crippen LogP contribution in [0.3, 0.4) is 0 Å². The van der Waals surface area contributed by atoms with E-state index in [-0.39, 0.29) is 5.57 Å². The molecule has 152 valence electrons. The first-order chi connectivity index (χ1) is 13.5. The van der Waals surface area contributed by atoms with E-state index in [2.05, 4.69) is 13.2 Å². The minimum absolute atomic E-state index is 0.267. The number of hydrogen-bond acceptors (Lipinski definition) is 5. The van der Waals surface area contributed by atoms with Crippen molar-refractivity contribution in [3.05, 3.63) is 78.4 Å². The summed E-state index contributed by atoms with van der Waals surface area (Å²) in [6.45, 7) is 13.5. The first kappa shape index (κ1) is 22.1. The topological polar surface area (TPSA) is 72.8 Å². The number of esters is 2. The summed E-state index contributed by atoms with van der Waals surface area (Å²) < 4.78 is 10.6. The third-order valence-electron chi connectivity index (χ3n) is 4.18. The standard InChI is InChI=1S/C24H26O5/c1-15(2)22(25)28-20-13-11-18(12-14-20)17-7-9-19(10-8-17)21(24(5,6)27)29-23(26)16(3)4/h7-14,21,27H,1,3H2,2,4-6H3. The second-order valence-electron chi connectivity index (χ2n) is 7.54. The molecule has 0 aliphatic carbocycles. The molecule has 1 unspecified atom stereocenters. The molecule has 0 bridgehead atoms. The van der Waals surface area contributed by atoms with Crippen molar-refractivity contribution in [1.82, 2.24) is 0 Å². The Balaban J connectivity index is 2.21. The van der Waals surface area contributed by atoms with Crippen molar-refractivity contribution in [3.8, 4) is 16.9 Å². The van der Waals surface area contributed by atoms with E-state index in [0.717, 1.165) is 11.1 Å². The van der Waals surface area contributed by atoms with Gasteiger partial charge in [0.15, 0.2) is 6.10 Å². The lowest BCUT2D eigenvalue weighted by molar-refractivity contribution is -0.158. The summed E-state index contributed by atoms with van der Waals surface area (Å²) in [7, 11) is 0. The number of carbonyl (C=O) groups is 2. The van der Waals surface area contributed by atoms with Gasteiger partial charge in [-0.1, -0.05) is 49.6 Å². The first-order valence-corrected chi connectivity index (χ1v) is 9.16. The Bertz CT molecular complexity index is 915. The van der Waals surface area contributed by atoms with Crippen LogP contribution >= 0.6 is 0 Å². The molecule has 0 spiro atoms. The number of aliphatic hydroxyl groups is 1. The maximum Gasteiger partial charge on any atom is 0.338 e. The molecule has 0 radical (unpaired) electrons. The van der Waals surface area contributed by atoms with Crippen LogP contribution in [-0.4, -0.2) is 22.6 Å². The predicted octanol–water partition coefficient (Wildman–Crippen LogP) is 4.77. The fraction of sp³-hybridized carbons (Fsp3) is 0.250. The Morgan fingerprint density at radius 2 is 1.31 bits per heavy atom. The highest BCUT2D eigenvalue weighted by molar-refractivity contribution is 5.89. The molecule has 0 aromatic heterocycles. The molecule has 1 atom stereocenters. The highest BCUT2D eigenvalue weighted by atomic mass is 16.6. The molecule has 0 saturated heterocycles. The number of hydrogen-bond donors (Lipinski definition) is 1. The predicted molar refractivity (Wildman–Crippen MR) is 112 cm³/mol. The molecule has 5 heteroatoms. The van der Waals surface area contributed by atoms with Gasteiger partial charge in [-0.05, 0) is 56.5 Å². The van der Waals surface area contributed by atoms with Crippen molar-refractivity contribution in [2.75, 3.05) is 0 Å². The highest BCUT2D eigenvalue weighted by Crippen LogP contribution is 2.32. The van der Waals surface area contributed by atoms with E-state index in [0.29, 0.717) is 16.9 Å². The number of ether oxygens (including phenoxy) is 2. The van der Waals surface area contributed by atoms with Gasteiger partial charge in [-0.3, -0.25) is 0 Å². The van der Waals surface area contributed by atoms with Gasteiger partial charge in [0.25, 0.3) is 0 Å². The zero-order valence-electron chi connectivity index (χ0n) is 17.2. The van der Waals surface area contributed by atoms with E-state index in [1.807, 2.05) is 24.3 Å². The number of rotatable bonds is 7. The molecule has 2 aromatic carbocycles. The Labute approximate surface area is 171 Å². The molecule has 0 aliphatic heterocycles. The van der Waals surface area contributed by atoms with Crippen LogP contribution in [-0.2, 0) is 14.3 Å². The van der Waals surface area contributed by atoms with E-state index in [4.69, 9.17) is 9.47 Å². The van der Waals surface area contributed by atoms with Crippen LogP contribution in [0.2, 0.25) is 0 Å². The van der Waals surface area contributed by atoms with Gasteiger partial charge in [0, 0.05) is 11.1 Å². The molecule has 0 saturated carbocycles. The van der Waals surface area contributed by atoms with Gasteiger partial charge in [0.1, 0.15) is 11.4 Å². The van der Waals surface area contributed by atoms with Crippen LogP contribution in [0, 0.1) is 0 Å². The van der Waals surface area contributed by atoms with Gasteiger partial charge >= 0.3 is 11.9 Å². The van der Waals surface area contributed by atoms with E-state index >= 15 is 0 Å². The van der Waals surface area contributed by atoms with Crippen LogP contribution in [0.5, 0.6) is 5.75 Å². The molecule has 29 heavy (non-hydrogen) atoms. The summed E-state index contributed by atoms with van der Waals surface area (Å²) in [6, 6.07) is 14.4. The summed E-state index contributed by atoms with van der Waals surface area (Å²) in [5.74, 6) is -0.586. The van der Waals surface area contributed by atoms with Gasteiger partial charge in [-0.25, -0.2) is 9.59 Å². The van der Waals surface area contributed by atoms with Gasteiger partial charge in [0.2, 0.25) is 0 Å². The first-order valence-electron chi connectivity index (χ1n) is 9.16. The lowest BCUT2D eigenvalue weighted by Crippen LogP contribution is -2.32. The smallest absolute Gasteiger partial charge is 0.338 e. The molecule has 2 aromatic rings. The largest absolute Gasteiger partial charge is 0.451 e. The minimum atomic E-state index is -1.26. The van der Waals surface area contributed by atoms with E-state index in [1.165, 1.54) is 0 Å². The molecule has 0 fully saturated rings. The second-order valence-corrected chi connectivity index (χ2v) is 7.54. The Morgan fingerprint density at radius 1 is 0.862 bits per heavy atom. The Kier molecular flexibility index (Phi) is 6.77. The fourth-order valence-electron chi connectivity index (χ4n) is 2.59. The number of benzene rings is 2. The summed E-state index contributed by atoms with van der Waals surface area (Å²) in [4.78, 5) is 23.5. The van der Waals surface area contributed by atoms with Gasteiger partial charge in [-0.15, -0.1) is 0 Å². The molecular formula is C24H26O5. The Hall–Kier alpha value is -3.18. The zero-order chi connectivity index (χ0) is 21.8. The third kappa shape index (κ3) is 5.90. The van der Waals surface area contributed by atoms with Crippen molar-refractivity contribution in [1.29, 1.82) is 0 Å². The second kappa shape index (κ2) is 8.88. The van der Waals surface area contributed by atoms with Crippen molar-refractivity contribution in [2.45, 2.75) is 39.4 Å². The van der Waals surface area contributed by atoms with Crippen molar-refractivity contribution in [3.63, 3.8) is 0 Å². The molecule has 1 N–H and O–H groups in total. The van der Waals surface area contributed by atoms with Gasteiger partial charge < -0.3 is 14.6 Å². The lowest BCUT2D eigenvalue weighted by Gasteiger charge is -2.29. The summed E-state index contributed by atoms with van der Waals surface area (Å²) >= 11 is 0. The zero-order valence-corrected chi connectivity index (χ0v) is 17.2. The maximum atomic E-state index is 11.9. The van der Waals surface area contributed by atoms with E-state index in [9.17, 15) is 14.7 Å². The summed E-state index contributed by atoms with van der Waals surface area (Å²) in [5, 5.41) is 10.4. The van der Waals surface area contributed by atoms with Crippen molar-refractivity contribution in [2.24, 2.45) is 0 Å². The molecular weight excluding hydrogens is 368 g/mol. The van der Waals surface area contributed by atoms with Gasteiger partial charge in [0.05, 0.1) is 0 Å². The Morgan fingerprint density at radius 3 is 1.72 bits per heavy atom. The van der Waals surface area contributed by atoms with Crippen LogP contribution in [0.25, 0.3) is 11.1 Å².